The summed E-state index contributed by atoms with van der Waals surface area (Å²) in [6.45, 7) is 4.89. The molecule has 3 aromatic rings. The molecular weight excluding hydrogens is 434 g/mol. The van der Waals surface area contributed by atoms with E-state index in [4.69, 9.17) is 10.5 Å². The van der Waals surface area contributed by atoms with E-state index >= 15 is 0 Å². The van der Waals surface area contributed by atoms with Crippen molar-refractivity contribution >= 4 is 33.9 Å². The molecule has 0 saturated carbocycles. The zero-order valence-corrected chi connectivity index (χ0v) is 17.6. The average Bonchev–Trinajstić information content (AvgIpc) is 3.11. The van der Waals surface area contributed by atoms with Crippen LogP contribution < -0.4 is 10.6 Å². The summed E-state index contributed by atoms with van der Waals surface area (Å²) in [5.74, 6) is -0.575. The van der Waals surface area contributed by atoms with Crippen LogP contribution in [0.15, 0.2) is 47.8 Å². The van der Waals surface area contributed by atoms with Crippen molar-refractivity contribution in [1.82, 2.24) is 4.98 Å². The smallest absolute Gasteiger partial charge is 0.421 e. The number of halogens is 4. The summed E-state index contributed by atoms with van der Waals surface area (Å²) < 4.78 is 59.2. The Morgan fingerprint density at radius 2 is 1.84 bits per heavy atom. The van der Waals surface area contributed by atoms with Gasteiger partial charge >= 0.3 is 12.3 Å². The first-order chi connectivity index (χ1) is 14.3. The van der Waals surface area contributed by atoms with E-state index in [-0.39, 0.29) is 22.1 Å². The summed E-state index contributed by atoms with van der Waals surface area (Å²) in [5.41, 5.74) is 4.40. The molecule has 0 aliphatic rings. The molecule has 0 atom stereocenters. The lowest BCUT2D eigenvalue weighted by molar-refractivity contribution is -0.137. The van der Waals surface area contributed by atoms with Gasteiger partial charge in [0.15, 0.2) is 5.13 Å². The molecule has 0 saturated heterocycles. The quantitative estimate of drug-likeness (QED) is 0.357. The van der Waals surface area contributed by atoms with Crippen LogP contribution in [-0.2, 0) is 10.9 Å². The zero-order chi connectivity index (χ0) is 23.0. The lowest BCUT2D eigenvalue weighted by atomic mass is 10.1. The maximum Gasteiger partial charge on any atom is 0.421 e. The number of nitrogens with two attached hydrogens (primary N) is 1. The molecule has 0 aliphatic heterocycles. The number of amides is 1. The predicted octanol–water partition coefficient (Wildman–Crippen LogP) is 6.62. The van der Waals surface area contributed by atoms with Crippen molar-refractivity contribution in [3.63, 3.8) is 0 Å². The van der Waals surface area contributed by atoms with Gasteiger partial charge in [-0.3, -0.25) is 0 Å². The van der Waals surface area contributed by atoms with Crippen molar-refractivity contribution in [2.45, 2.75) is 32.5 Å². The Morgan fingerprint density at radius 1 is 1.13 bits per heavy atom. The molecule has 0 bridgehead atoms. The molecule has 0 unspecified atom stereocenters. The number of thiazole rings is 1. The maximum atomic E-state index is 14.2. The molecule has 2 N–H and O–H groups in total. The summed E-state index contributed by atoms with van der Waals surface area (Å²) in [7, 11) is 0. The van der Waals surface area contributed by atoms with E-state index in [0.29, 0.717) is 5.69 Å². The van der Waals surface area contributed by atoms with E-state index in [1.807, 2.05) is 0 Å². The number of nitrogen functional groups attached to an aromatic ring is 1. The number of anilines is 3. The lowest BCUT2D eigenvalue weighted by Crippen LogP contribution is -2.34. The Morgan fingerprint density at radius 3 is 2.48 bits per heavy atom. The Labute approximate surface area is 180 Å². The van der Waals surface area contributed by atoms with Crippen molar-refractivity contribution in [2.24, 2.45) is 0 Å². The SMILES string of the molecule is CC(C)(C)OC(=O)N(c1cccc(C(F)(F)F)c1)c1nc(-c2cc(N)ccc2F)cs1. The van der Waals surface area contributed by atoms with Crippen LogP contribution in [-0.4, -0.2) is 16.7 Å². The normalized spacial score (nSPS) is 12.0. The monoisotopic (exact) mass is 453 g/mol. The second-order valence-corrected chi connectivity index (χ2v) is 8.45. The van der Waals surface area contributed by atoms with Gasteiger partial charge in [-0.05, 0) is 57.2 Å². The molecule has 2 aromatic carbocycles. The third-order valence-corrected chi connectivity index (χ3v) is 4.78. The van der Waals surface area contributed by atoms with E-state index in [1.165, 1.54) is 35.7 Å². The minimum atomic E-state index is -4.60. The summed E-state index contributed by atoms with van der Waals surface area (Å²) >= 11 is 0.955. The number of ether oxygens (including phenoxy) is 1. The minimum absolute atomic E-state index is 0.0189. The standard InChI is InChI=1S/C21H19F4N3O2S/c1-20(2,3)30-19(29)28(14-6-4-5-12(9-14)21(23,24)25)18-27-17(11-31-18)15-10-13(26)7-8-16(15)22/h4-11H,26H2,1-3H3. The average molecular weight is 453 g/mol. The second kappa shape index (κ2) is 8.18. The first-order valence-electron chi connectivity index (χ1n) is 9.06. The third kappa shape index (κ3) is 5.32. The van der Waals surface area contributed by atoms with Gasteiger partial charge in [0, 0.05) is 16.6 Å². The van der Waals surface area contributed by atoms with Crippen LogP contribution in [0.25, 0.3) is 11.3 Å². The van der Waals surface area contributed by atoms with Gasteiger partial charge in [0.1, 0.15) is 11.4 Å². The van der Waals surface area contributed by atoms with Crippen molar-refractivity contribution in [2.75, 3.05) is 10.6 Å². The molecule has 0 spiro atoms. The number of nitrogens with zero attached hydrogens (tertiary/aromatic N) is 2. The first kappa shape index (κ1) is 22.5. The fourth-order valence-electron chi connectivity index (χ4n) is 2.65. The van der Waals surface area contributed by atoms with Crippen LogP contribution in [0.3, 0.4) is 0 Å². The molecule has 164 valence electrons. The minimum Gasteiger partial charge on any atom is -0.443 e. The van der Waals surface area contributed by atoms with Gasteiger partial charge in [0.25, 0.3) is 0 Å². The van der Waals surface area contributed by atoms with Crippen LogP contribution in [0.2, 0.25) is 0 Å². The summed E-state index contributed by atoms with van der Waals surface area (Å²) in [6, 6.07) is 8.20. The van der Waals surface area contributed by atoms with E-state index in [1.54, 1.807) is 20.8 Å². The third-order valence-electron chi connectivity index (χ3n) is 3.96. The molecular formula is C21H19F4N3O2S. The zero-order valence-electron chi connectivity index (χ0n) is 16.8. The van der Waals surface area contributed by atoms with Crippen molar-refractivity contribution in [3.05, 3.63) is 59.2 Å². The number of hydrogen-bond donors (Lipinski definition) is 1. The molecule has 0 radical (unpaired) electrons. The van der Waals surface area contributed by atoms with Crippen LogP contribution in [0.1, 0.15) is 26.3 Å². The first-order valence-corrected chi connectivity index (χ1v) is 9.94. The van der Waals surface area contributed by atoms with Crippen molar-refractivity contribution < 1.29 is 27.1 Å². The van der Waals surface area contributed by atoms with E-state index in [9.17, 15) is 22.4 Å². The van der Waals surface area contributed by atoms with Crippen molar-refractivity contribution in [3.8, 4) is 11.3 Å². The number of hydrogen-bond acceptors (Lipinski definition) is 5. The summed E-state index contributed by atoms with van der Waals surface area (Å²) in [5, 5.41) is 1.50. The Hall–Kier alpha value is -3.14. The number of alkyl halides is 3. The van der Waals surface area contributed by atoms with Crippen LogP contribution in [0.5, 0.6) is 0 Å². The van der Waals surface area contributed by atoms with Gasteiger partial charge < -0.3 is 10.5 Å². The highest BCUT2D eigenvalue weighted by atomic mass is 32.1. The van der Waals surface area contributed by atoms with E-state index < -0.39 is 29.3 Å². The van der Waals surface area contributed by atoms with Crippen molar-refractivity contribution in [1.29, 1.82) is 0 Å². The number of aromatic nitrogens is 1. The molecule has 1 aromatic heterocycles. The fraction of sp³-hybridized carbons (Fsp3) is 0.238. The molecule has 10 heteroatoms. The number of rotatable bonds is 3. The topological polar surface area (TPSA) is 68.5 Å². The Balaban J connectivity index is 2.09. The van der Waals surface area contributed by atoms with Gasteiger partial charge in [-0.25, -0.2) is 19.1 Å². The van der Waals surface area contributed by atoms with Crippen LogP contribution >= 0.6 is 11.3 Å². The highest BCUT2D eigenvalue weighted by Gasteiger charge is 2.33. The predicted molar refractivity (Wildman–Crippen MR) is 112 cm³/mol. The maximum absolute atomic E-state index is 14.2. The number of carbonyl (C=O) groups excluding carboxylic acids is 1. The molecule has 1 amide bonds. The number of carbonyl (C=O) groups is 1. The summed E-state index contributed by atoms with van der Waals surface area (Å²) in [6.07, 6.45) is -5.52. The summed E-state index contributed by atoms with van der Waals surface area (Å²) in [4.78, 5) is 18.1. The second-order valence-electron chi connectivity index (χ2n) is 7.62. The van der Waals surface area contributed by atoms with E-state index in [2.05, 4.69) is 4.98 Å². The van der Waals surface area contributed by atoms with E-state index in [0.717, 1.165) is 28.4 Å². The molecule has 31 heavy (non-hydrogen) atoms. The molecule has 0 fully saturated rings. The number of benzene rings is 2. The molecule has 3 rings (SSSR count). The van der Waals surface area contributed by atoms with Gasteiger partial charge in [0.2, 0.25) is 0 Å². The van der Waals surface area contributed by atoms with Gasteiger partial charge in [-0.1, -0.05) is 6.07 Å². The van der Waals surface area contributed by atoms with Crippen LogP contribution in [0.4, 0.5) is 38.9 Å². The van der Waals surface area contributed by atoms with Gasteiger partial charge in [-0.2, -0.15) is 13.2 Å². The highest BCUT2D eigenvalue weighted by molar-refractivity contribution is 7.14. The Bertz CT molecular complexity index is 1110. The molecule has 5 nitrogen and oxygen atoms in total. The van der Waals surface area contributed by atoms with Gasteiger partial charge in [0.05, 0.1) is 16.9 Å². The Kier molecular flexibility index (Phi) is 5.95. The van der Waals surface area contributed by atoms with Gasteiger partial charge in [-0.15, -0.1) is 11.3 Å². The molecule has 1 heterocycles. The fourth-order valence-corrected chi connectivity index (χ4v) is 3.49. The van der Waals surface area contributed by atoms with Crippen LogP contribution in [0, 0.1) is 5.82 Å². The lowest BCUT2D eigenvalue weighted by Gasteiger charge is -2.26. The largest absolute Gasteiger partial charge is 0.443 e. The molecule has 0 aliphatic carbocycles. The highest BCUT2D eigenvalue weighted by Crippen LogP contribution is 2.37.